The van der Waals surface area contributed by atoms with Crippen molar-refractivity contribution >= 4 is 16.7 Å². The number of hydrogen-bond donors (Lipinski definition) is 0. The van der Waals surface area contributed by atoms with Crippen molar-refractivity contribution in [2.45, 2.75) is 19.9 Å². The fourth-order valence-corrected chi connectivity index (χ4v) is 2.73. The highest BCUT2D eigenvalue weighted by Crippen LogP contribution is 2.23. The molecule has 1 aromatic carbocycles. The van der Waals surface area contributed by atoms with Crippen molar-refractivity contribution in [3.05, 3.63) is 35.9 Å². The molecule has 1 heterocycles. The molecule has 0 radical (unpaired) electrons. The summed E-state index contributed by atoms with van der Waals surface area (Å²) in [5.74, 6) is 0.877. The van der Waals surface area contributed by atoms with Gasteiger partial charge < -0.3 is 9.80 Å². The van der Waals surface area contributed by atoms with E-state index in [4.69, 9.17) is 4.98 Å². The van der Waals surface area contributed by atoms with Crippen molar-refractivity contribution in [3.8, 4) is 6.07 Å². The van der Waals surface area contributed by atoms with Crippen molar-refractivity contribution in [1.29, 1.82) is 5.26 Å². The molecule has 0 aliphatic heterocycles. The first-order valence-corrected chi connectivity index (χ1v) is 7.28. The van der Waals surface area contributed by atoms with Crippen molar-refractivity contribution < 1.29 is 0 Å². The van der Waals surface area contributed by atoms with Gasteiger partial charge in [0, 0.05) is 24.5 Å². The predicted molar refractivity (Wildman–Crippen MR) is 87.5 cm³/mol. The van der Waals surface area contributed by atoms with E-state index in [1.807, 2.05) is 30.3 Å². The van der Waals surface area contributed by atoms with E-state index in [0.29, 0.717) is 11.6 Å². The predicted octanol–water partition coefficient (Wildman–Crippen LogP) is 2.88. The van der Waals surface area contributed by atoms with Crippen LogP contribution in [0.3, 0.4) is 0 Å². The zero-order valence-corrected chi connectivity index (χ0v) is 13.2. The van der Waals surface area contributed by atoms with Crippen LogP contribution in [0.1, 0.15) is 19.4 Å². The number of anilines is 1. The lowest BCUT2D eigenvalue weighted by Crippen LogP contribution is -2.40. The average molecular weight is 282 g/mol. The molecule has 0 N–H and O–H groups in total. The van der Waals surface area contributed by atoms with Gasteiger partial charge in [-0.05, 0) is 40.1 Å². The minimum Gasteiger partial charge on any atom is -0.353 e. The molecule has 2 rings (SSSR count). The Morgan fingerprint density at radius 2 is 2.00 bits per heavy atom. The Morgan fingerprint density at radius 3 is 2.62 bits per heavy atom. The number of nitriles is 1. The van der Waals surface area contributed by atoms with E-state index in [1.54, 1.807) is 0 Å². The number of aromatic nitrogens is 1. The van der Waals surface area contributed by atoms with Crippen molar-refractivity contribution in [2.24, 2.45) is 0 Å². The van der Waals surface area contributed by atoms with Gasteiger partial charge in [-0.25, -0.2) is 4.98 Å². The third kappa shape index (κ3) is 3.32. The highest BCUT2D eigenvalue weighted by atomic mass is 15.2. The molecule has 0 saturated heterocycles. The molecule has 1 unspecified atom stereocenters. The highest BCUT2D eigenvalue weighted by molar-refractivity contribution is 5.86. The fourth-order valence-electron chi connectivity index (χ4n) is 2.73. The molecule has 0 saturated carbocycles. The summed E-state index contributed by atoms with van der Waals surface area (Å²) < 4.78 is 0. The average Bonchev–Trinajstić information content (AvgIpc) is 2.46. The number of benzene rings is 1. The topological polar surface area (TPSA) is 43.2 Å². The van der Waals surface area contributed by atoms with Crippen LogP contribution in [0.4, 0.5) is 5.82 Å². The third-order valence-corrected chi connectivity index (χ3v) is 3.62. The second-order valence-corrected chi connectivity index (χ2v) is 5.55. The molecule has 0 spiro atoms. The minimum atomic E-state index is 0.338. The summed E-state index contributed by atoms with van der Waals surface area (Å²) in [5.41, 5.74) is 1.56. The first-order valence-electron chi connectivity index (χ1n) is 7.28. The maximum atomic E-state index is 9.39. The number of fused-ring (bicyclic) bond motifs is 1. The first-order chi connectivity index (χ1) is 10.1. The number of rotatable bonds is 5. The summed E-state index contributed by atoms with van der Waals surface area (Å²) in [6, 6.07) is 12.3. The van der Waals surface area contributed by atoms with Gasteiger partial charge in [-0.15, -0.1) is 0 Å². The number of nitrogens with zero attached hydrogens (tertiary/aromatic N) is 4. The van der Waals surface area contributed by atoms with Crippen LogP contribution in [0.2, 0.25) is 0 Å². The summed E-state index contributed by atoms with van der Waals surface area (Å²) >= 11 is 0. The Bertz CT molecular complexity index is 657. The molecule has 1 atom stereocenters. The molecule has 2 aromatic rings. The van der Waals surface area contributed by atoms with Gasteiger partial charge in [-0.3, -0.25) is 0 Å². The molecule has 4 heteroatoms. The Morgan fingerprint density at radius 1 is 1.29 bits per heavy atom. The van der Waals surface area contributed by atoms with E-state index < -0.39 is 0 Å². The molecule has 0 bridgehead atoms. The van der Waals surface area contributed by atoms with Gasteiger partial charge in [-0.2, -0.15) is 5.26 Å². The first kappa shape index (κ1) is 15.3. The maximum absolute atomic E-state index is 9.39. The number of hydrogen-bond acceptors (Lipinski definition) is 4. The highest BCUT2D eigenvalue weighted by Gasteiger charge is 2.16. The fraction of sp³-hybridized carbons (Fsp3) is 0.412. The molecule has 0 aliphatic carbocycles. The van der Waals surface area contributed by atoms with Crippen LogP contribution in [0, 0.1) is 11.3 Å². The quantitative estimate of drug-likeness (QED) is 0.845. The van der Waals surface area contributed by atoms with Crippen LogP contribution in [0.15, 0.2) is 30.3 Å². The van der Waals surface area contributed by atoms with Crippen molar-refractivity contribution in [1.82, 2.24) is 9.88 Å². The summed E-state index contributed by atoms with van der Waals surface area (Å²) in [4.78, 5) is 9.15. The Balaban J connectivity index is 2.47. The van der Waals surface area contributed by atoms with Gasteiger partial charge in [0.1, 0.15) is 5.82 Å². The van der Waals surface area contributed by atoms with E-state index in [-0.39, 0.29) is 0 Å². The van der Waals surface area contributed by atoms with Gasteiger partial charge in [0.05, 0.1) is 17.1 Å². The van der Waals surface area contributed by atoms with Gasteiger partial charge in [0.2, 0.25) is 0 Å². The van der Waals surface area contributed by atoms with Crippen LogP contribution < -0.4 is 4.90 Å². The zero-order chi connectivity index (χ0) is 15.4. The van der Waals surface area contributed by atoms with E-state index in [9.17, 15) is 5.26 Å². The molecular formula is C17H22N4. The second-order valence-electron chi connectivity index (χ2n) is 5.55. The van der Waals surface area contributed by atoms with E-state index in [0.717, 1.165) is 29.8 Å². The lowest BCUT2D eigenvalue weighted by molar-refractivity contribution is 0.372. The number of pyridine rings is 1. The van der Waals surface area contributed by atoms with Crippen LogP contribution >= 0.6 is 0 Å². The number of para-hydroxylation sites is 1. The van der Waals surface area contributed by atoms with Crippen LogP contribution in [-0.4, -0.2) is 43.1 Å². The number of likely N-dealkylation sites (N-methyl/N-ethyl adjacent to an activating group) is 2. The van der Waals surface area contributed by atoms with Crippen LogP contribution in [-0.2, 0) is 0 Å². The van der Waals surface area contributed by atoms with Gasteiger partial charge >= 0.3 is 0 Å². The Kier molecular flexibility index (Phi) is 4.77. The maximum Gasteiger partial charge on any atom is 0.130 e. The van der Waals surface area contributed by atoms with Crippen molar-refractivity contribution in [3.63, 3.8) is 0 Å². The van der Waals surface area contributed by atoms with Crippen molar-refractivity contribution in [2.75, 3.05) is 32.1 Å². The van der Waals surface area contributed by atoms with E-state index in [1.165, 1.54) is 0 Å². The van der Waals surface area contributed by atoms with Crippen LogP contribution in [0.25, 0.3) is 10.9 Å². The molecule has 4 nitrogen and oxygen atoms in total. The monoisotopic (exact) mass is 282 g/mol. The molecule has 0 fully saturated rings. The molecule has 0 aliphatic rings. The lowest BCUT2D eigenvalue weighted by atomic mass is 10.1. The molecule has 110 valence electrons. The summed E-state index contributed by atoms with van der Waals surface area (Å²) in [7, 11) is 4.14. The molecule has 1 aromatic heterocycles. The molecule has 0 amide bonds. The minimum absolute atomic E-state index is 0.338. The Hall–Kier alpha value is -2.12. The van der Waals surface area contributed by atoms with Crippen LogP contribution in [0.5, 0.6) is 0 Å². The normalized spacial score (nSPS) is 12.4. The molecule has 21 heavy (non-hydrogen) atoms. The van der Waals surface area contributed by atoms with Gasteiger partial charge in [0.25, 0.3) is 0 Å². The third-order valence-electron chi connectivity index (χ3n) is 3.62. The van der Waals surface area contributed by atoms with E-state index >= 15 is 0 Å². The van der Waals surface area contributed by atoms with Gasteiger partial charge in [0.15, 0.2) is 0 Å². The smallest absolute Gasteiger partial charge is 0.130 e. The SMILES string of the molecule is CCN(c1cc(C#N)c2ccccc2n1)C(C)CN(C)C. The summed E-state index contributed by atoms with van der Waals surface area (Å²) in [6.45, 7) is 6.12. The largest absolute Gasteiger partial charge is 0.353 e. The lowest BCUT2D eigenvalue weighted by Gasteiger charge is -2.31. The van der Waals surface area contributed by atoms with E-state index in [2.05, 4.69) is 43.8 Å². The zero-order valence-electron chi connectivity index (χ0n) is 13.2. The summed E-state index contributed by atoms with van der Waals surface area (Å²) in [6.07, 6.45) is 0. The Labute approximate surface area is 126 Å². The second kappa shape index (κ2) is 6.55. The molecular weight excluding hydrogens is 260 g/mol. The van der Waals surface area contributed by atoms with Gasteiger partial charge in [-0.1, -0.05) is 18.2 Å². The summed E-state index contributed by atoms with van der Waals surface area (Å²) in [5, 5.41) is 10.3. The standard InChI is InChI=1S/C17H22N4/c1-5-21(13(2)12-20(3)4)17-10-14(11-18)15-8-6-7-9-16(15)19-17/h6-10,13H,5,12H2,1-4H3.